The minimum atomic E-state index is -0.701. The highest BCUT2D eigenvalue weighted by Crippen LogP contribution is 2.31. The third-order valence-electron chi connectivity index (χ3n) is 4.44. The molecule has 140 valence electrons. The van der Waals surface area contributed by atoms with Crippen LogP contribution in [0.25, 0.3) is 0 Å². The summed E-state index contributed by atoms with van der Waals surface area (Å²) in [5.74, 6) is -0.617. The van der Waals surface area contributed by atoms with Gasteiger partial charge in [-0.1, -0.05) is 23.2 Å². The molecular weight excluding hydrogens is 393 g/mol. The van der Waals surface area contributed by atoms with Crippen LogP contribution in [-0.2, 0) is 4.79 Å². The van der Waals surface area contributed by atoms with Crippen LogP contribution in [0.2, 0.25) is 10.0 Å². The monoisotopic (exact) mass is 407 g/mol. The van der Waals surface area contributed by atoms with Crippen molar-refractivity contribution in [3.63, 3.8) is 0 Å². The number of hydrogen-bond donors (Lipinski definition) is 0. The van der Waals surface area contributed by atoms with Crippen molar-refractivity contribution in [1.82, 2.24) is 4.90 Å². The van der Waals surface area contributed by atoms with Crippen molar-refractivity contribution in [1.29, 1.82) is 0 Å². The molecule has 0 aliphatic carbocycles. The lowest BCUT2D eigenvalue weighted by Crippen LogP contribution is -2.57. The number of hydrogen-bond acceptors (Lipinski definition) is 4. The number of nitrogens with zero attached hydrogens (tertiary/aromatic N) is 3. The zero-order chi connectivity index (χ0) is 19.7. The number of non-ortho nitro benzene ring substituents is 1. The first-order valence-electron chi connectivity index (χ1n) is 8.11. The molecular formula is C18H15Cl2N3O4. The van der Waals surface area contributed by atoms with Gasteiger partial charge in [0.05, 0.1) is 15.6 Å². The largest absolute Gasteiger partial charge is 0.325 e. The number of amides is 2. The Bertz CT molecular complexity index is 917. The van der Waals surface area contributed by atoms with Crippen LogP contribution in [0, 0.1) is 10.1 Å². The summed E-state index contributed by atoms with van der Waals surface area (Å²) in [5, 5.41) is 11.6. The van der Waals surface area contributed by atoms with Gasteiger partial charge in [0.15, 0.2) is 0 Å². The predicted octanol–water partition coefficient (Wildman–Crippen LogP) is 3.78. The van der Waals surface area contributed by atoms with Crippen LogP contribution in [0.1, 0.15) is 17.3 Å². The molecule has 0 N–H and O–H groups in total. The van der Waals surface area contributed by atoms with E-state index in [1.807, 2.05) is 0 Å². The molecule has 1 fully saturated rings. The smallest absolute Gasteiger partial charge is 0.269 e. The first kappa shape index (κ1) is 19.1. The molecule has 2 aromatic rings. The lowest BCUT2D eigenvalue weighted by Gasteiger charge is -2.39. The van der Waals surface area contributed by atoms with Crippen molar-refractivity contribution in [2.45, 2.75) is 13.0 Å². The lowest BCUT2D eigenvalue weighted by atomic mass is 10.1. The van der Waals surface area contributed by atoms with Gasteiger partial charge >= 0.3 is 0 Å². The summed E-state index contributed by atoms with van der Waals surface area (Å²) >= 11 is 12.1. The van der Waals surface area contributed by atoms with Crippen LogP contribution in [-0.4, -0.2) is 40.8 Å². The molecule has 2 aromatic carbocycles. The van der Waals surface area contributed by atoms with Crippen molar-refractivity contribution in [3.05, 3.63) is 68.2 Å². The fraction of sp³-hybridized carbons (Fsp3) is 0.222. The Kier molecular flexibility index (Phi) is 5.34. The van der Waals surface area contributed by atoms with Gasteiger partial charge < -0.3 is 9.80 Å². The zero-order valence-corrected chi connectivity index (χ0v) is 15.8. The number of rotatable bonds is 3. The van der Waals surface area contributed by atoms with E-state index in [1.54, 1.807) is 25.1 Å². The highest BCUT2D eigenvalue weighted by molar-refractivity contribution is 6.36. The number of carbonyl (C=O) groups is 2. The molecule has 2 amide bonds. The highest BCUT2D eigenvalue weighted by Gasteiger charge is 2.36. The second-order valence-corrected chi connectivity index (χ2v) is 6.91. The molecule has 0 aromatic heterocycles. The maximum Gasteiger partial charge on any atom is 0.269 e. The molecule has 9 heteroatoms. The van der Waals surface area contributed by atoms with E-state index in [0.29, 0.717) is 27.8 Å². The Hall–Kier alpha value is -2.64. The second kappa shape index (κ2) is 7.54. The Morgan fingerprint density at radius 1 is 1.15 bits per heavy atom. The third-order valence-corrected chi connectivity index (χ3v) is 4.98. The fourth-order valence-corrected chi connectivity index (χ4v) is 3.49. The van der Waals surface area contributed by atoms with Gasteiger partial charge in [0.2, 0.25) is 5.91 Å². The lowest BCUT2D eigenvalue weighted by molar-refractivity contribution is -0.384. The summed E-state index contributed by atoms with van der Waals surface area (Å²) in [7, 11) is 0. The Morgan fingerprint density at radius 3 is 2.41 bits per heavy atom. The van der Waals surface area contributed by atoms with Gasteiger partial charge in [-0.05, 0) is 37.3 Å². The average molecular weight is 408 g/mol. The van der Waals surface area contributed by atoms with Crippen molar-refractivity contribution >= 4 is 46.4 Å². The molecule has 1 saturated heterocycles. The van der Waals surface area contributed by atoms with Gasteiger partial charge in [-0.3, -0.25) is 19.7 Å². The first-order chi connectivity index (χ1) is 12.8. The fourth-order valence-electron chi connectivity index (χ4n) is 2.98. The maximum atomic E-state index is 12.8. The molecule has 0 bridgehead atoms. The number of piperazine rings is 1. The number of nitro benzene ring substituents is 1. The van der Waals surface area contributed by atoms with E-state index in [4.69, 9.17) is 23.2 Å². The van der Waals surface area contributed by atoms with E-state index in [9.17, 15) is 19.7 Å². The van der Waals surface area contributed by atoms with Crippen LogP contribution in [0.5, 0.6) is 0 Å². The number of nitro groups is 1. The maximum absolute atomic E-state index is 12.8. The number of anilines is 1. The molecule has 3 rings (SSSR count). The predicted molar refractivity (Wildman–Crippen MR) is 102 cm³/mol. The minimum absolute atomic E-state index is 0.0992. The van der Waals surface area contributed by atoms with Gasteiger partial charge in [-0.25, -0.2) is 0 Å². The molecule has 1 heterocycles. The standard InChI is InChI=1S/C18H15Cl2N3O4/c1-11-17(24)22(16-7-4-13(19)10-15(16)20)9-8-21(11)18(25)12-2-5-14(6-3-12)23(26)27/h2-7,10-11H,8-9H2,1H3/t11-/m0/s1. The molecule has 0 unspecified atom stereocenters. The van der Waals surface area contributed by atoms with E-state index in [1.165, 1.54) is 34.1 Å². The number of halogens is 2. The van der Waals surface area contributed by atoms with Crippen molar-refractivity contribution in [2.24, 2.45) is 0 Å². The average Bonchev–Trinajstić information content (AvgIpc) is 2.64. The highest BCUT2D eigenvalue weighted by atomic mass is 35.5. The van der Waals surface area contributed by atoms with Gasteiger partial charge in [-0.2, -0.15) is 0 Å². The van der Waals surface area contributed by atoms with Crippen LogP contribution in [0.4, 0.5) is 11.4 Å². The summed E-state index contributed by atoms with van der Waals surface area (Å²) in [4.78, 5) is 38.7. The summed E-state index contributed by atoms with van der Waals surface area (Å²) in [6.07, 6.45) is 0. The molecule has 0 radical (unpaired) electrons. The Balaban J connectivity index is 1.79. The number of carbonyl (C=O) groups excluding carboxylic acids is 2. The van der Waals surface area contributed by atoms with Crippen LogP contribution < -0.4 is 4.90 Å². The summed E-state index contributed by atoms with van der Waals surface area (Å²) in [5.41, 5.74) is 0.733. The Morgan fingerprint density at radius 2 is 1.81 bits per heavy atom. The van der Waals surface area contributed by atoms with E-state index < -0.39 is 11.0 Å². The molecule has 1 atom stereocenters. The topological polar surface area (TPSA) is 83.8 Å². The molecule has 7 nitrogen and oxygen atoms in total. The van der Waals surface area contributed by atoms with E-state index in [0.717, 1.165) is 0 Å². The molecule has 0 saturated carbocycles. The zero-order valence-electron chi connectivity index (χ0n) is 14.3. The first-order valence-corrected chi connectivity index (χ1v) is 8.87. The van der Waals surface area contributed by atoms with Crippen molar-refractivity contribution in [3.8, 4) is 0 Å². The summed E-state index contributed by atoms with van der Waals surface area (Å²) in [6.45, 7) is 2.23. The SMILES string of the molecule is C[C@H]1C(=O)N(c2ccc(Cl)cc2Cl)CCN1C(=O)c1ccc([N+](=O)[O-])cc1. The molecule has 0 spiro atoms. The summed E-state index contributed by atoms with van der Waals surface area (Å²) < 4.78 is 0. The van der Waals surface area contributed by atoms with Crippen molar-refractivity contribution in [2.75, 3.05) is 18.0 Å². The van der Waals surface area contributed by atoms with Crippen molar-refractivity contribution < 1.29 is 14.5 Å². The molecule has 1 aliphatic rings. The normalized spacial score (nSPS) is 17.1. The minimum Gasteiger partial charge on any atom is -0.325 e. The molecule has 27 heavy (non-hydrogen) atoms. The Labute approximate surface area is 165 Å². The van der Waals surface area contributed by atoms with Gasteiger partial charge in [0.1, 0.15) is 6.04 Å². The number of benzene rings is 2. The summed E-state index contributed by atoms with van der Waals surface area (Å²) in [6, 6.07) is 9.49. The van der Waals surface area contributed by atoms with Gasteiger partial charge in [0.25, 0.3) is 11.6 Å². The van der Waals surface area contributed by atoms with Gasteiger partial charge in [-0.15, -0.1) is 0 Å². The van der Waals surface area contributed by atoms with Crippen LogP contribution in [0.15, 0.2) is 42.5 Å². The second-order valence-electron chi connectivity index (χ2n) is 6.06. The van der Waals surface area contributed by atoms with E-state index >= 15 is 0 Å². The molecule has 1 aliphatic heterocycles. The van der Waals surface area contributed by atoms with Crippen LogP contribution >= 0.6 is 23.2 Å². The van der Waals surface area contributed by atoms with E-state index in [2.05, 4.69) is 0 Å². The van der Waals surface area contributed by atoms with Crippen LogP contribution in [0.3, 0.4) is 0 Å². The third kappa shape index (κ3) is 3.74. The van der Waals surface area contributed by atoms with Gasteiger partial charge in [0, 0.05) is 35.8 Å². The quantitative estimate of drug-likeness (QED) is 0.572. The van der Waals surface area contributed by atoms with E-state index in [-0.39, 0.29) is 24.0 Å².